The van der Waals surface area contributed by atoms with E-state index in [1.807, 2.05) is 0 Å². The van der Waals surface area contributed by atoms with Crippen LogP contribution < -0.4 is 5.32 Å². The van der Waals surface area contributed by atoms with Gasteiger partial charge in [0.15, 0.2) is 0 Å². The Hall–Kier alpha value is -1.07. The number of carboxylic acid groups (broad SMARTS) is 1. The maximum absolute atomic E-state index is 10.6. The lowest BCUT2D eigenvalue weighted by molar-refractivity contribution is -0.150. The van der Waals surface area contributed by atoms with E-state index < -0.39 is 11.9 Å². The summed E-state index contributed by atoms with van der Waals surface area (Å²) < 4.78 is 0.611. The molecule has 0 radical (unpaired) electrons. The predicted octanol–water partition coefficient (Wildman–Crippen LogP) is 1.10. The molecule has 0 saturated heterocycles. The number of amides is 1. The molecule has 0 atom stereocenters. The van der Waals surface area contributed by atoms with Crippen molar-refractivity contribution in [2.75, 3.05) is 0 Å². The average molecular weight is 220 g/mol. The fourth-order valence-corrected chi connectivity index (χ4v) is 1.72. The van der Waals surface area contributed by atoms with E-state index >= 15 is 0 Å². The first-order valence-electron chi connectivity index (χ1n) is 3.35. The van der Waals surface area contributed by atoms with E-state index in [1.165, 1.54) is 11.3 Å². The van der Waals surface area contributed by atoms with Crippen LogP contribution in [0.2, 0.25) is 4.34 Å². The molecule has 2 N–H and O–H groups in total. The average Bonchev–Trinajstić information content (AvgIpc) is 2.47. The van der Waals surface area contributed by atoms with Gasteiger partial charge >= 0.3 is 11.9 Å². The normalized spacial score (nSPS) is 9.62. The molecule has 0 spiro atoms. The molecule has 0 aliphatic carbocycles. The monoisotopic (exact) mass is 219 g/mol. The zero-order valence-corrected chi connectivity index (χ0v) is 7.98. The SMILES string of the molecule is O=C(O)C(=O)NCc1ccc(Cl)s1. The molecule has 0 fully saturated rings. The zero-order chi connectivity index (χ0) is 9.84. The number of carbonyl (C=O) groups is 2. The van der Waals surface area contributed by atoms with Crippen molar-refractivity contribution in [1.82, 2.24) is 5.32 Å². The first kappa shape index (κ1) is 10.0. The van der Waals surface area contributed by atoms with Gasteiger partial charge in [0.2, 0.25) is 0 Å². The van der Waals surface area contributed by atoms with Crippen molar-refractivity contribution in [2.24, 2.45) is 0 Å². The molecule has 1 amide bonds. The third-order valence-corrected chi connectivity index (χ3v) is 2.48. The van der Waals surface area contributed by atoms with Gasteiger partial charge in [-0.25, -0.2) is 4.79 Å². The van der Waals surface area contributed by atoms with Crippen LogP contribution in [-0.4, -0.2) is 17.0 Å². The van der Waals surface area contributed by atoms with Crippen molar-refractivity contribution in [3.8, 4) is 0 Å². The second-order valence-corrected chi connectivity index (χ2v) is 3.99. The van der Waals surface area contributed by atoms with Crippen LogP contribution in [0, 0.1) is 0 Å². The first-order valence-corrected chi connectivity index (χ1v) is 4.54. The van der Waals surface area contributed by atoms with Crippen LogP contribution in [0.5, 0.6) is 0 Å². The van der Waals surface area contributed by atoms with Gasteiger partial charge in [0, 0.05) is 4.88 Å². The van der Waals surface area contributed by atoms with Gasteiger partial charge in [-0.15, -0.1) is 11.3 Å². The molecule has 0 aliphatic heterocycles. The fraction of sp³-hybridized carbons (Fsp3) is 0.143. The minimum absolute atomic E-state index is 0.197. The Morgan fingerprint density at radius 2 is 2.23 bits per heavy atom. The lowest BCUT2D eigenvalue weighted by atomic mass is 10.4. The molecule has 0 aliphatic rings. The second kappa shape index (κ2) is 4.25. The van der Waals surface area contributed by atoms with Gasteiger partial charge in [0.05, 0.1) is 10.9 Å². The third-order valence-electron chi connectivity index (χ3n) is 1.25. The molecular formula is C7H6ClNO3S. The van der Waals surface area contributed by atoms with Gasteiger partial charge < -0.3 is 10.4 Å². The number of thiophene rings is 1. The minimum atomic E-state index is -1.48. The Balaban J connectivity index is 2.44. The Morgan fingerprint density at radius 3 is 2.69 bits per heavy atom. The molecule has 70 valence electrons. The number of nitrogens with one attached hydrogen (secondary N) is 1. The van der Waals surface area contributed by atoms with E-state index in [0.717, 1.165) is 4.88 Å². The largest absolute Gasteiger partial charge is 0.474 e. The number of halogens is 1. The van der Waals surface area contributed by atoms with Crippen molar-refractivity contribution in [3.05, 3.63) is 21.3 Å². The summed E-state index contributed by atoms with van der Waals surface area (Å²) in [6.07, 6.45) is 0. The Morgan fingerprint density at radius 1 is 1.54 bits per heavy atom. The predicted molar refractivity (Wildman–Crippen MR) is 48.8 cm³/mol. The minimum Gasteiger partial charge on any atom is -0.474 e. The van der Waals surface area contributed by atoms with E-state index in [-0.39, 0.29) is 6.54 Å². The lowest BCUT2D eigenvalue weighted by Crippen LogP contribution is -2.29. The molecule has 1 aromatic rings. The summed E-state index contributed by atoms with van der Waals surface area (Å²) in [5.41, 5.74) is 0. The van der Waals surface area contributed by atoms with Gasteiger partial charge in [0.1, 0.15) is 0 Å². The van der Waals surface area contributed by atoms with Gasteiger partial charge in [-0.1, -0.05) is 11.6 Å². The quantitative estimate of drug-likeness (QED) is 0.732. The van der Waals surface area contributed by atoms with Gasteiger partial charge in [-0.3, -0.25) is 4.79 Å². The van der Waals surface area contributed by atoms with Crippen molar-refractivity contribution in [2.45, 2.75) is 6.54 Å². The van der Waals surface area contributed by atoms with Gasteiger partial charge in [-0.2, -0.15) is 0 Å². The molecule has 1 rings (SSSR count). The molecule has 13 heavy (non-hydrogen) atoms. The molecule has 1 aromatic heterocycles. The van der Waals surface area contributed by atoms with Crippen LogP contribution in [0.3, 0.4) is 0 Å². The molecule has 0 saturated carbocycles. The molecular weight excluding hydrogens is 214 g/mol. The highest BCUT2D eigenvalue weighted by molar-refractivity contribution is 7.16. The number of carbonyl (C=O) groups excluding carboxylic acids is 1. The smallest absolute Gasteiger partial charge is 0.394 e. The van der Waals surface area contributed by atoms with Crippen molar-refractivity contribution in [3.63, 3.8) is 0 Å². The number of hydrogen-bond donors (Lipinski definition) is 2. The lowest BCUT2D eigenvalue weighted by Gasteiger charge is -1.97. The number of rotatable bonds is 2. The second-order valence-electron chi connectivity index (χ2n) is 2.19. The first-order chi connectivity index (χ1) is 6.09. The van der Waals surface area contributed by atoms with Crippen molar-refractivity contribution >= 4 is 34.8 Å². The van der Waals surface area contributed by atoms with Crippen LogP contribution in [0.1, 0.15) is 4.88 Å². The summed E-state index contributed by atoms with van der Waals surface area (Å²) >= 11 is 6.93. The van der Waals surface area contributed by atoms with E-state index in [1.54, 1.807) is 12.1 Å². The summed E-state index contributed by atoms with van der Waals surface area (Å²) in [7, 11) is 0. The molecule has 0 aromatic carbocycles. The van der Waals surface area contributed by atoms with Gasteiger partial charge in [-0.05, 0) is 12.1 Å². The summed E-state index contributed by atoms with van der Waals surface area (Å²) in [5, 5.41) is 10.5. The van der Waals surface area contributed by atoms with Gasteiger partial charge in [0.25, 0.3) is 0 Å². The van der Waals surface area contributed by atoms with Crippen LogP contribution in [-0.2, 0) is 16.1 Å². The van der Waals surface area contributed by atoms with E-state index in [0.29, 0.717) is 4.34 Å². The van der Waals surface area contributed by atoms with Crippen LogP contribution in [0.25, 0.3) is 0 Å². The number of aliphatic carboxylic acids is 1. The molecule has 4 nitrogen and oxygen atoms in total. The summed E-state index contributed by atoms with van der Waals surface area (Å²) in [5.74, 6) is -2.49. The van der Waals surface area contributed by atoms with Crippen LogP contribution >= 0.6 is 22.9 Å². The maximum Gasteiger partial charge on any atom is 0.394 e. The Bertz CT molecular complexity index is 336. The summed E-state index contributed by atoms with van der Waals surface area (Å²) in [6, 6.07) is 3.42. The highest BCUT2D eigenvalue weighted by atomic mass is 35.5. The molecule has 6 heteroatoms. The van der Waals surface area contributed by atoms with Crippen LogP contribution in [0.15, 0.2) is 12.1 Å². The molecule has 0 bridgehead atoms. The standard InChI is InChI=1S/C7H6ClNO3S/c8-5-2-1-4(13-5)3-9-6(10)7(11)12/h1-2H,3H2,(H,9,10)(H,11,12). The van der Waals surface area contributed by atoms with Crippen molar-refractivity contribution < 1.29 is 14.7 Å². The zero-order valence-electron chi connectivity index (χ0n) is 6.41. The summed E-state index contributed by atoms with van der Waals surface area (Å²) in [4.78, 5) is 21.5. The Kier molecular flexibility index (Phi) is 3.27. The fourth-order valence-electron chi connectivity index (χ4n) is 0.690. The van der Waals surface area contributed by atoms with E-state index in [4.69, 9.17) is 16.7 Å². The van der Waals surface area contributed by atoms with E-state index in [9.17, 15) is 9.59 Å². The van der Waals surface area contributed by atoms with E-state index in [2.05, 4.69) is 5.32 Å². The summed E-state index contributed by atoms with van der Waals surface area (Å²) in [6.45, 7) is 0.197. The molecule has 1 heterocycles. The molecule has 0 unspecified atom stereocenters. The Labute approximate surface area is 83.1 Å². The third kappa shape index (κ3) is 3.04. The number of hydrogen-bond acceptors (Lipinski definition) is 3. The topological polar surface area (TPSA) is 66.4 Å². The highest BCUT2D eigenvalue weighted by Crippen LogP contribution is 2.20. The highest BCUT2D eigenvalue weighted by Gasteiger charge is 2.10. The van der Waals surface area contributed by atoms with Crippen LogP contribution in [0.4, 0.5) is 0 Å². The van der Waals surface area contributed by atoms with Crippen molar-refractivity contribution in [1.29, 1.82) is 0 Å². The maximum atomic E-state index is 10.6. The number of carboxylic acids is 1.